The smallest absolute Gasteiger partial charge is 0.106 e. The molecule has 0 aliphatic rings. The lowest BCUT2D eigenvalue weighted by Crippen LogP contribution is -1.82. The van der Waals surface area contributed by atoms with Crippen LogP contribution in [-0.4, -0.2) is 13.3 Å². The van der Waals surface area contributed by atoms with Crippen LogP contribution in [-0.2, 0) is 4.84 Å². The van der Waals surface area contributed by atoms with E-state index in [9.17, 15) is 0 Å². The Labute approximate surface area is 87.9 Å². The summed E-state index contributed by atoms with van der Waals surface area (Å²) >= 11 is 6.74. The van der Waals surface area contributed by atoms with Crippen molar-refractivity contribution in [1.29, 1.82) is 0 Å². The molecule has 64 valence electrons. The van der Waals surface area contributed by atoms with Crippen molar-refractivity contribution in [3.63, 3.8) is 0 Å². The topological polar surface area (TPSA) is 21.6 Å². The molecule has 0 atom stereocenters. The molecule has 0 saturated carbocycles. The zero-order valence-electron chi connectivity index (χ0n) is 6.42. The Morgan fingerprint density at radius 2 is 1.83 bits per heavy atom. The summed E-state index contributed by atoms with van der Waals surface area (Å²) in [6.45, 7) is 0. The zero-order valence-corrected chi connectivity index (χ0v) is 9.59. The van der Waals surface area contributed by atoms with Crippen molar-refractivity contribution in [3.05, 3.63) is 32.7 Å². The first-order valence-electron chi connectivity index (χ1n) is 3.25. The van der Waals surface area contributed by atoms with Gasteiger partial charge in [0.2, 0.25) is 0 Å². The number of oxime groups is 1. The molecule has 0 spiro atoms. The van der Waals surface area contributed by atoms with Crippen LogP contribution < -0.4 is 0 Å². The summed E-state index contributed by atoms with van der Waals surface area (Å²) < 4.78 is 2.02. The normalized spacial score (nSPS) is 10.6. The Hall–Kier alpha value is -0.350. The van der Waals surface area contributed by atoms with E-state index in [1.165, 1.54) is 7.11 Å². The summed E-state index contributed by atoms with van der Waals surface area (Å²) in [6, 6.07) is 5.87. The first-order chi connectivity index (χ1) is 5.72. The Balaban J connectivity index is 2.93. The van der Waals surface area contributed by atoms with Crippen molar-refractivity contribution < 1.29 is 4.84 Å². The SMILES string of the molecule is CO/N=C/c1cc(Br)cc(Br)c1. The van der Waals surface area contributed by atoms with E-state index in [0.717, 1.165) is 14.5 Å². The van der Waals surface area contributed by atoms with Crippen LogP contribution in [0.4, 0.5) is 0 Å². The molecule has 0 heterocycles. The molecule has 0 amide bonds. The highest BCUT2D eigenvalue weighted by molar-refractivity contribution is 9.11. The van der Waals surface area contributed by atoms with Crippen LogP contribution in [0, 0.1) is 0 Å². The van der Waals surface area contributed by atoms with E-state index in [2.05, 4.69) is 41.9 Å². The van der Waals surface area contributed by atoms with Gasteiger partial charge in [-0.3, -0.25) is 0 Å². The maximum atomic E-state index is 4.56. The van der Waals surface area contributed by atoms with E-state index < -0.39 is 0 Å². The van der Waals surface area contributed by atoms with Crippen molar-refractivity contribution in [3.8, 4) is 0 Å². The molecule has 4 heteroatoms. The molecule has 0 aliphatic carbocycles. The number of benzene rings is 1. The summed E-state index contributed by atoms with van der Waals surface area (Å²) in [5.74, 6) is 0. The van der Waals surface area contributed by atoms with Crippen LogP contribution in [0.5, 0.6) is 0 Å². The fraction of sp³-hybridized carbons (Fsp3) is 0.125. The summed E-state index contributed by atoms with van der Waals surface area (Å²) in [5, 5.41) is 3.66. The van der Waals surface area contributed by atoms with Gasteiger partial charge in [-0.25, -0.2) is 0 Å². The van der Waals surface area contributed by atoms with Gasteiger partial charge in [-0.1, -0.05) is 37.0 Å². The lowest BCUT2D eigenvalue weighted by molar-refractivity contribution is 0.215. The Morgan fingerprint density at radius 3 is 2.33 bits per heavy atom. The average Bonchev–Trinajstić information content (AvgIpc) is 1.99. The predicted molar refractivity (Wildman–Crippen MR) is 56.4 cm³/mol. The quantitative estimate of drug-likeness (QED) is 0.606. The molecule has 0 bridgehead atoms. The zero-order chi connectivity index (χ0) is 8.97. The maximum Gasteiger partial charge on any atom is 0.106 e. The molecular formula is C8H7Br2NO. The molecule has 0 aliphatic heterocycles. The van der Waals surface area contributed by atoms with Gasteiger partial charge in [0.05, 0.1) is 6.21 Å². The minimum Gasteiger partial charge on any atom is -0.399 e. The number of hydrogen-bond donors (Lipinski definition) is 0. The molecule has 0 saturated heterocycles. The van der Waals surface area contributed by atoms with Gasteiger partial charge in [0.1, 0.15) is 7.11 Å². The van der Waals surface area contributed by atoms with Gasteiger partial charge in [0, 0.05) is 8.95 Å². The molecule has 0 radical (unpaired) electrons. The molecule has 1 aromatic carbocycles. The van der Waals surface area contributed by atoms with Gasteiger partial charge in [-0.2, -0.15) is 0 Å². The molecule has 1 rings (SSSR count). The van der Waals surface area contributed by atoms with E-state index in [1.54, 1.807) is 6.21 Å². The fourth-order valence-corrected chi connectivity index (χ4v) is 2.09. The first-order valence-corrected chi connectivity index (χ1v) is 4.83. The Bertz CT molecular complexity index is 279. The minimum atomic E-state index is 0.984. The van der Waals surface area contributed by atoms with E-state index in [-0.39, 0.29) is 0 Å². The maximum absolute atomic E-state index is 4.56. The molecule has 1 aromatic rings. The van der Waals surface area contributed by atoms with Gasteiger partial charge < -0.3 is 4.84 Å². The van der Waals surface area contributed by atoms with Crippen LogP contribution in [0.2, 0.25) is 0 Å². The molecule has 0 fully saturated rings. The number of rotatable bonds is 2. The van der Waals surface area contributed by atoms with Crippen LogP contribution in [0.1, 0.15) is 5.56 Å². The van der Waals surface area contributed by atoms with Crippen LogP contribution >= 0.6 is 31.9 Å². The summed E-state index contributed by atoms with van der Waals surface area (Å²) in [7, 11) is 1.52. The highest BCUT2D eigenvalue weighted by atomic mass is 79.9. The summed E-state index contributed by atoms with van der Waals surface area (Å²) in [4.78, 5) is 4.56. The molecule has 2 nitrogen and oxygen atoms in total. The van der Waals surface area contributed by atoms with Crippen molar-refractivity contribution in [2.45, 2.75) is 0 Å². The van der Waals surface area contributed by atoms with Crippen molar-refractivity contribution in [1.82, 2.24) is 0 Å². The van der Waals surface area contributed by atoms with Crippen LogP contribution in [0.3, 0.4) is 0 Å². The highest BCUT2D eigenvalue weighted by Gasteiger charge is 1.94. The molecule has 12 heavy (non-hydrogen) atoms. The number of hydrogen-bond acceptors (Lipinski definition) is 2. The van der Waals surface area contributed by atoms with Crippen LogP contribution in [0.25, 0.3) is 0 Å². The standard InChI is InChI=1S/C8H7Br2NO/c1-12-11-5-6-2-7(9)4-8(10)3-6/h2-5H,1H3/b11-5+. The van der Waals surface area contributed by atoms with E-state index in [0.29, 0.717) is 0 Å². The van der Waals surface area contributed by atoms with Crippen molar-refractivity contribution >= 4 is 38.1 Å². The van der Waals surface area contributed by atoms with Gasteiger partial charge >= 0.3 is 0 Å². The van der Waals surface area contributed by atoms with E-state index >= 15 is 0 Å². The minimum absolute atomic E-state index is 0.984. The van der Waals surface area contributed by atoms with Gasteiger partial charge in [0.15, 0.2) is 0 Å². The van der Waals surface area contributed by atoms with Gasteiger partial charge in [-0.05, 0) is 23.8 Å². The van der Waals surface area contributed by atoms with E-state index in [4.69, 9.17) is 0 Å². The average molecular weight is 293 g/mol. The van der Waals surface area contributed by atoms with Gasteiger partial charge in [0.25, 0.3) is 0 Å². The Kier molecular flexibility index (Phi) is 3.75. The second-order valence-corrected chi connectivity index (χ2v) is 3.95. The first kappa shape index (κ1) is 9.74. The van der Waals surface area contributed by atoms with Gasteiger partial charge in [-0.15, -0.1) is 0 Å². The lowest BCUT2D eigenvalue weighted by atomic mass is 10.2. The van der Waals surface area contributed by atoms with Crippen molar-refractivity contribution in [2.24, 2.45) is 5.16 Å². The molecule has 0 N–H and O–H groups in total. The second kappa shape index (κ2) is 4.62. The third-order valence-electron chi connectivity index (χ3n) is 1.19. The summed E-state index contributed by atoms with van der Waals surface area (Å²) in [5.41, 5.74) is 0.984. The third kappa shape index (κ3) is 2.95. The van der Waals surface area contributed by atoms with Crippen molar-refractivity contribution in [2.75, 3.05) is 7.11 Å². The summed E-state index contributed by atoms with van der Waals surface area (Å²) in [6.07, 6.45) is 1.65. The Morgan fingerprint density at radius 1 is 1.25 bits per heavy atom. The highest BCUT2D eigenvalue weighted by Crippen LogP contribution is 2.18. The van der Waals surface area contributed by atoms with Crippen LogP contribution in [0.15, 0.2) is 32.3 Å². The second-order valence-electron chi connectivity index (χ2n) is 2.12. The molecular weight excluding hydrogens is 286 g/mol. The lowest BCUT2D eigenvalue weighted by Gasteiger charge is -1.96. The monoisotopic (exact) mass is 291 g/mol. The molecule has 0 aromatic heterocycles. The number of nitrogens with zero attached hydrogens (tertiary/aromatic N) is 1. The molecule has 0 unspecified atom stereocenters. The largest absolute Gasteiger partial charge is 0.399 e. The number of halogens is 2. The fourth-order valence-electron chi connectivity index (χ4n) is 0.763. The predicted octanol–water partition coefficient (Wildman–Crippen LogP) is 3.19. The van der Waals surface area contributed by atoms with E-state index in [1.807, 2.05) is 18.2 Å². The third-order valence-corrected chi connectivity index (χ3v) is 2.11.